The van der Waals surface area contributed by atoms with E-state index < -0.39 is 16.3 Å². The van der Waals surface area contributed by atoms with Crippen LogP contribution in [0.25, 0.3) is 0 Å². The van der Waals surface area contributed by atoms with Crippen LogP contribution in [-0.2, 0) is 0 Å². The fourth-order valence-corrected chi connectivity index (χ4v) is 3.76. The first-order chi connectivity index (χ1) is 6.31. The molecule has 0 saturated carbocycles. The van der Waals surface area contributed by atoms with Crippen molar-refractivity contribution in [3.05, 3.63) is 12.1 Å². The summed E-state index contributed by atoms with van der Waals surface area (Å²) in [4.78, 5) is 5.00. The molecule has 0 aliphatic heterocycles. The maximum Gasteiger partial charge on any atom is 0.137 e. The van der Waals surface area contributed by atoms with Gasteiger partial charge < -0.3 is 0 Å². The van der Waals surface area contributed by atoms with Gasteiger partial charge in [0.05, 0.1) is 6.04 Å². The van der Waals surface area contributed by atoms with Crippen molar-refractivity contribution in [1.82, 2.24) is 4.98 Å². The summed E-state index contributed by atoms with van der Waals surface area (Å²) in [6.07, 6.45) is 0. The minimum Gasteiger partial charge on any atom is -0.261 e. The molecule has 0 unspecified atom stereocenters. The van der Waals surface area contributed by atoms with E-state index in [0.717, 1.165) is 0 Å². The highest BCUT2D eigenvalue weighted by molar-refractivity contribution is 6.80. The summed E-state index contributed by atoms with van der Waals surface area (Å²) in [6.45, 7) is 20.8. The van der Waals surface area contributed by atoms with E-state index in [0.29, 0.717) is 0 Å². The van der Waals surface area contributed by atoms with Gasteiger partial charge in [0.2, 0.25) is 0 Å². The van der Waals surface area contributed by atoms with Crippen molar-refractivity contribution in [3.63, 3.8) is 0 Å². The van der Waals surface area contributed by atoms with Crippen LogP contribution >= 0.6 is 0 Å². The SMILES string of the molecule is CC(C)(C)[C]([CH][Si](C)(C)C)[N][Si](C)(C)C. The van der Waals surface area contributed by atoms with Crippen molar-refractivity contribution >= 4 is 16.3 Å². The maximum atomic E-state index is 5.00. The van der Waals surface area contributed by atoms with Crippen molar-refractivity contribution in [2.24, 2.45) is 5.41 Å². The van der Waals surface area contributed by atoms with Crippen LogP contribution < -0.4 is 4.98 Å². The molecule has 0 aromatic heterocycles. The largest absolute Gasteiger partial charge is 0.261 e. The molecule has 0 heterocycles. The molecule has 0 spiro atoms. The van der Waals surface area contributed by atoms with E-state index in [1.165, 1.54) is 6.04 Å². The normalized spacial score (nSPS) is 14.8. The molecule has 0 fully saturated rings. The first-order valence-electron chi connectivity index (χ1n) is 5.77. The van der Waals surface area contributed by atoms with Gasteiger partial charge in [0, 0.05) is 8.07 Å². The van der Waals surface area contributed by atoms with Crippen LogP contribution in [0.2, 0.25) is 39.3 Å². The van der Waals surface area contributed by atoms with Crippen molar-refractivity contribution in [1.29, 1.82) is 0 Å². The second-order valence-corrected chi connectivity index (χ2v) is 17.0. The summed E-state index contributed by atoms with van der Waals surface area (Å²) >= 11 is 0. The fraction of sp³-hybridized carbons (Fsp3) is 0.833. The Morgan fingerprint density at radius 3 is 1.53 bits per heavy atom. The predicted octanol–water partition coefficient (Wildman–Crippen LogP) is 4.09. The van der Waals surface area contributed by atoms with Crippen molar-refractivity contribution in [2.45, 2.75) is 60.1 Å². The first-order valence-corrected chi connectivity index (χ1v) is 12.8. The highest BCUT2D eigenvalue weighted by Crippen LogP contribution is 2.33. The molecule has 0 rings (SSSR count). The molecule has 0 atom stereocenters. The zero-order valence-corrected chi connectivity index (χ0v) is 14.0. The molecular weight excluding hydrogens is 214 g/mol. The summed E-state index contributed by atoms with van der Waals surface area (Å²) in [6, 6.07) is 3.80. The smallest absolute Gasteiger partial charge is 0.137 e. The molecule has 0 aliphatic rings. The summed E-state index contributed by atoms with van der Waals surface area (Å²) in [5.74, 6) is 0. The van der Waals surface area contributed by atoms with Gasteiger partial charge in [-0.05, 0) is 11.5 Å². The zero-order chi connectivity index (χ0) is 12.5. The van der Waals surface area contributed by atoms with E-state index >= 15 is 0 Å². The Kier molecular flexibility index (Phi) is 4.84. The number of hydrogen-bond acceptors (Lipinski definition) is 0. The predicted molar refractivity (Wildman–Crippen MR) is 75.8 cm³/mol. The molecular formula is C12H28NSi2. The molecule has 1 nitrogen and oxygen atoms in total. The molecule has 0 aromatic carbocycles. The lowest BCUT2D eigenvalue weighted by molar-refractivity contribution is 0.422. The lowest BCUT2D eigenvalue weighted by atomic mass is 9.89. The fourth-order valence-electron chi connectivity index (χ4n) is 1.19. The molecule has 15 heavy (non-hydrogen) atoms. The molecule has 89 valence electrons. The molecule has 3 heteroatoms. The van der Waals surface area contributed by atoms with E-state index in [9.17, 15) is 0 Å². The Morgan fingerprint density at radius 1 is 0.933 bits per heavy atom. The Labute approximate surface area is 99.1 Å². The first kappa shape index (κ1) is 15.4. The Balaban J connectivity index is 4.62. The van der Waals surface area contributed by atoms with Crippen molar-refractivity contribution in [3.8, 4) is 0 Å². The molecule has 0 N–H and O–H groups in total. The van der Waals surface area contributed by atoms with Gasteiger partial charge in [-0.15, -0.1) is 0 Å². The molecule has 3 radical (unpaired) electrons. The average Bonchev–Trinajstić information content (AvgIpc) is 1.75. The molecule has 0 amide bonds. The summed E-state index contributed by atoms with van der Waals surface area (Å²) in [7, 11) is -2.51. The third-order valence-corrected chi connectivity index (χ3v) is 3.85. The van der Waals surface area contributed by atoms with Crippen molar-refractivity contribution < 1.29 is 0 Å². The second kappa shape index (κ2) is 4.72. The molecule has 0 aliphatic carbocycles. The van der Waals surface area contributed by atoms with Gasteiger partial charge in [-0.2, -0.15) is 0 Å². The van der Waals surface area contributed by atoms with Gasteiger partial charge >= 0.3 is 0 Å². The number of hydrogen-bond donors (Lipinski definition) is 0. The van der Waals surface area contributed by atoms with Gasteiger partial charge in [0.1, 0.15) is 8.24 Å². The Morgan fingerprint density at radius 2 is 1.33 bits per heavy atom. The highest BCUT2D eigenvalue weighted by Gasteiger charge is 2.34. The van der Waals surface area contributed by atoms with E-state index in [-0.39, 0.29) is 5.41 Å². The van der Waals surface area contributed by atoms with Crippen LogP contribution in [0.15, 0.2) is 0 Å². The minimum atomic E-state index is -1.35. The van der Waals surface area contributed by atoms with E-state index in [2.05, 4.69) is 66.1 Å². The van der Waals surface area contributed by atoms with E-state index in [4.69, 9.17) is 4.98 Å². The van der Waals surface area contributed by atoms with Gasteiger partial charge in [-0.1, -0.05) is 60.1 Å². The van der Waals surface area contributed by atoms with Crippen molar-refractivity contribution in [2.75, 3.05) is 0 Å². The van der Waals surface area contributed by atoms with Gasteiger partial charge in [-0.3, -0.25) is 4.98 Å². The average molecular weight is 243 g/mol. The van der Waals surface area contributed by atoms with Crippen LogP contribution in [0.4, 0.5) is 0 Å². The van der Waals surface area contributed by atoms with Crippen LogP contribution in [0, 0.1) is 17.5 Å². The Bertz CT molecular complexity index is 177. The highest BCUT2D eigenvalue weighted by atomic mass is 28.3. The van der Waals surface area contributed by atoms with Crippen LogP contribution in [0.1, 0.15) is 20.8 Å². The van der Waals surface area contributed by atoms with Crippen LogP contribution in [0.3, 0.4) is 0 Å². The van der Waals surface area contributed by atoms with E-state index in [1.807, 2.05) is 0 Å². The summed E-state index contributed by atoms with van der Waals surface area (Å²) in [5, 5.41) is 0. The Hall–Kier alpha value is 0.394. The second-order valence-electron chi connectivity index (χ2n) is 7.43. The van der Waals surface area contributed by atoms with Crippen LogP contribution in [-0.4, -0.2) is 16.3 Å². The van der Waals surface area contributed by atoms with Gasteiger partial charge in [0.25, 0.3) is 0 Å². The molecule has 0 saturated heterocycles. The molecule has 0 aromatic rings. The number of nitrogens with zero attached hydrogens (tertiary/aromatic N) is 1. The quantitative estimate of drug-likeness (QED) is 0.660. The number of rotatable bonds is 4. The lowest BCUT2D eigenvalue weighted by Crippen LogP contribution is -2.45. The van der Waals surface area contributed by atoms with E-state index in [1.54, 1.807) is 0 Å². The molecule has 0 bridgehead atoms. The third kappa shape index (κ3) is 8.23. The van der Waals surface area contributed by atoms with Gasteiger partial charge in [0.15, 0.2) is 0 Å². The summed E-state index contributed by atoms with van der Waals surface area (Å²) < 4.78 is 0. The third-order valence-electron chi connectivity index (χ3n) is 1.79. The standard InChI is InChI=1S/C12H28NSi2/c1-12(2,3)11(10-14(4,5)6)13-15(7,8)9/h10H,1-9H3. The zero-order valence-electron chi connectivity index (χ0n) is 12.0. The lowest BCUT2D eigenvalue weighted by Gasteiger charge is -2.37. The van der Waals surface area contributed by atoms with Crippen LogP contribution in [0.5, 0.6) is 0 Å². The monoisotopic (exact) mass is 242 g/mol. The minimum absolute atomic E-state index is 0.195. The topological polar surface area (TPSA) is 14.1 Å². The summed E-state index contributed by atoms with van der Waals surface area (Å²) in [5.41, 5.74) is 0.195. The maximum absolute atomic E-state index is 5.00. The van der Waals surface area contributed by atoms with Gasteiger partial charge in [-0.25, -0.2) is 0 Å².